The summed E-state index contributed by atoms with van der Waals surface area (Å²) in [5, 5.41) is 2.78. The lowest BCUT2D eigenvalue weighted by Gasteiger charge is -2.51. The molecule has 0 aromatic rings. The van der Waals surface area contributed by atoms with E-state index in [1.807, 2.05) is 0 Å². The predicted octanol–water partition coefficient (Wildman–Crippen LogP) is 1.21. The van der Waals surface area contributed by atoms with Crippen molar-refractivity contribution in [2.45, 2.75) is 68.2 Å². The summed E-state index contributed by atoms with van der Waals surface area (Å²) in [7, 11) is 0. The minimum absolute atomic E-state index is 0.183. The molecule has 2 bridgehead atoms. The summed E-state index contributed by atoms with van der Waals surface area (Å²) in [6.45, 7) is 0.366. The number of amides is 1. The first-order valence-electron chi connectivity index (χ1n) is 7.18. The monoisotopic (exact) mass is 308 g/mol. The number of halogens is 3. The second-order valence-electron chi connectivity index (χ2n) is 6.47. The third-order valence-electron chi connectivity index (χ3n) is 4.83. The van der Waals surface area contributed by atoms with Crippen LogP contribution in [0.15, 0.2) is 0 Å². The zero-order chi connectivity index (χ0) is 15.3. The van der Waals surface area contributed by atoms with Crippen molar-refractivity contribution in [3.63, 3.8) is 0 Å². The summed E-state index contributed by atoms with van der Waals surface area (Å²) >= 11 is 0. The van der Waals surface area contributed by atoms with Crippen LogP contribution >= 0.6 is 0 Å². The SMILES string of the molecule is NC12CCC(C(=O)N[C@H]3C[C@@H](OC(F)(F)F)C3)(CC1)OC2. The number of hydrogen-bond donors (Lipinski definition) is 2. The number of alkyl halides is 3. The second-order valence-corrected chi connectivity index (χ2v) is 6.47. The first kappa shape index (κ1) is 15.1. The standard InChI is InChI=1S/C13H19F3N2O3/c14-13(15,16)21-9-5-8(6-9)18-10(19)12-3-1-11(17,2-4-12)7-20-12/h8-9H,1-7,17H2,(H,18,19)/t8-,9+,11?,12?. The van der Waals surface area contributed by atoms with Crippen LogP contribution in [-0.4, -0.2) is 42.2 Å². The van der Waals surface area contributed by atoms with Crippen LogP contribution in [0, 0.1) is 0 Å². The number of fused-ring (bicyclic) bond motifs is 3. The molecule has 2 heterocycles. The topological polar surface area (TPSA) is 73.6 Å². The van der Waals surface area contributed by atoms with Crippen LogP contribution in [-0.2, 0) is 14.3 Å². The molecule has 4 fully saturated rings. The van der Waals surface area contributed by atoms with Crippen LogP contribution in [0.4, 0.5) is 13.2 Å². The molecule has 0 aromatic carbocycles. The Bertz CT molecular complexity index is 410. The molecule has 2 aliphatic heterocycles. The first-order valence-corrected chi connectivity index (χ1v) is 7.18. The van der Waals surface area contributed by atoms with Crippen LogP contribution in [0.5, 0.6) is 0 Å². The molecule has 0 spiro atoms. The van der Waals surface area contributed by atoms with Gasteiger partial charge in [-0.25, -0.2) is 0 Å². The van der Waals surface area contributed by atoms with Crippen LogP contribution < -0.4 is 11.1 Å². The van der Waals surface area contributed by atoms with Gasteiger partial charge < -0.3 is 15.8 Å². The number of nitrogens with one attached hydrogen (secondary N) is 1. The molecule has 21 heavy (non-hydrogen) atoms. The maximum atomic E-state index is 12.3. The van der Waals surface area contributed by atoms with Crippen molar-refractivity contribution in [2.24, 2.45) is 5.73 Å². The van der Waals surface area contributed by atoms with Crippen molar-refractivity contribution in [3.05, 3.63) is 0 Å². The summed E-state index contributed by atoms with van der Waals surface area (Å²) in [6.07, 6.45) is -2.48. The van der Waals surface area contributed by atoms with Crippen LogP contribution in [0.2, 0.25) is 0 Å². The van der Waals surface area contributed by atoms with Crippen LogP contribution in [0.3, 0.4) is 0 Å². The van der Waals surface area contributed by atoms with Gasteiger partial charge in [-0.3, -0.25) is 9.53 Å². The number of rotatable bonds is 3. The third kappa shape index (κ3) is 3.02. The van der Waals surface area contributed by atoms with E-state index in [9.17, 15) is 18.0 Å². The van der Waals surface area contributed by atoms with E-state index >= 15 is 0 Å². The lowest BCUT2D eigenvalue weighted by Crippen LogP contribution is -2.66. The van der Waals surface area contributed by atoms with Gasteiger partial charge in [0.15, 0.2) is 0 Å². The van der Waals surface area contributed by atoms with E-state index in [1.54, 1.807) is 0 Å². The fraction of sp³-hybridized carbons (Fsp3) is 0.923. The third-order valence-corrected chi connectivity index (χ3v) is 4.83. The average Bonchev–Trinajstić information content (AvgIpc) is 2.36. The molecule has 4 rings (SSSR count). The number of nitrogens with two attached hydrogens (primary N) is 1. The van der Waals surface area contributed by atoms with Gasteiger partial charge in [-0.05, 0) is 38.5 Å². The smallest absolute Gasteiger partial charge is 0.363 e. The molecule has 1 amide bonds. The van der Waals surface area contributed by atoms with Crippen LogP contribution in [0.25, 0.3) is 0 Å². The molecule has 3 N–H and O–H groups in total. The molecule has 0 radical (unpaired) electrons. The normalized spacial score (nSPS) is 42.5. The highest BCUT2D eigenvalue weighted by molar-refractivity contribution is 5.86. The Morgan fingerprint density at radius 2 is 1.86 bits per heavy atom. The minimum atomic E-state index is -4.61. The Balaban J connectivity index is 1.48. The summed E-state index contributed by atoms with van der Waals surface area (Å²) in [5.41, 5.74) is 4.94. The Kier molecular flexibility index (Phi) is 3.46. The van der Waals surface area contributed by atoms with Crippen molar-refractivity contribution < 1.29 is 27.4 Å². The zero-order valence-corrected chi connectivity index (χ0v) is 11.5. The highest BCUT2D eigenvalue weighted by atomic mass is 19.4. The zero-order valence-electron chi connectivity index (χ0n) is 11.5. The highest BCUT2D eigenvalue weighted by Gasteiger charge is 2.53. The highest BCUT2D eigenvalue weighted by Crippen LogP contribution is 2.42. The molecular weight excluding hydrogens is 289 g/mol. The van der Waals surface area contributed by atoms with Crippen molar-refractivity contribution in [2.75, 3.05) is 6.61 Å². The van der Waals surface area contributed by atoms with Gasteiger partial charge in [0, 0.05) is 11.6 Å². The first-order chi connectivity index (χ1) is 9.70. The maximum Gasteiger partial charge on any atom is 0.522 e. The lowest BCUT2D eigenvalue weighted by atomic mass is 9.71. The van der Waals surface area contributed by atoms with E-state index in [2.05, 4.69) is 10.1 Å². The van der Waals surface area contributed by atoms with Gasteiger partial charge in [-0.1, -0.05) is 0 Å². The Hall–Kier alpha value is -0.860. The Morgan fingerprint density at radius 3 is 2.33 bits per heavy atom. The van der Waals surface area contributed by atoms with Crippen LogP contribution in [0.1, 0.15) is 38.5 Å². The molecule has 5 nitrogen and oxygen atoms in total. The van der Waals surface area contributed by atoms with Gasteiger partial charge in [-0.15, -0.1) is 13.2 Å². The molecule has 2 saturated heterocycles. The molecule has 0 atom stereocenters. The number of carbonyl (C=O) groups excluding carboxylic acids is 1. The Morgan fingerprint density at radius 1 is 1.24 bits per heavy atom. The van der Waals surface area contributed by atoms with E-state index in [-0.39, 0.29) is 30.3 Å². The predicted molar refractivity (Wildman–Crippen MR) is 66.2 cm³/mol. The van der Waals surface area contributed by atoms with Gasteiger partial charge >= 0.3 is 6.36 Å². The van der Waals surface area contributed by atoms with E-state index in [0.717, 1.165) is 12.8 Å². The van der Waals surface area contributed by atoms with Gasteiger partial charge in [0.2, 0.25) is 0 Å². The van der Waals surface area contributed by atoms with Gasteiger partial charge in [0.05, 0.1) is 12.7 Å². The molecule has 8 heteroatoms. The van der Waals surface area contributed by atoms with E-state index in [4.69, 9.17) is 10.5 Å². The minimum Gasteiger partial charge on any atom is -0.363 e. The number of ether oxygens (including phenoxy) is 2. The summed E-state index contributed by atoms with van der Waals surface area (Å²) in [5.74, 6) is -0.222. The van der Waals surface area contributed by atoms with Crippen molar-refractivity contribution >= 4 is 5.91 Å². The molecule has 0 aromatic heterocycles. The fourth-order valence-electron chi connectivity index (χ4n) is 3.30. The molecule has 2 saturated carbocycles. The number of carbonyl (C=O) groups is 1. The average molecular weight is 308 g/mol. The van der Waals surface area contributed by atoms with Crippen molar-refractivity contribution in [1.82, 2.24) is 5.32 Å². The summed E-state index contributed by atoms with van der Waals surface area (Å²) < 4.78 is 45.6. The summed E-state index contributed by atoms with van der Waals surface area (Å²) in [6, 6.07) is -0.269. The number of hydrogen-bond acceptors (Lipinski definition) is 4. The molecule has 2 aliphatic carbocycles. The van der Waals surface area contributed by atoms with Gasteiger partial charge in [0.1, 0.15) is 5.60 Å². The molecule has 120 valence electrons. The van der Waals surface area contributed by atoms with Crippen molar-refractivity contribution in [1.29, 1.82) is 0 Å². The maximum absolute atomic E-state index is 12.3. The largest absolute Gasteiger partial charge is 0.522 e. The van der Waals surface area contributed by atoms with Crippen molar-refractivity contribution in [3.8, 4) is 0 Å². The second kappa shape index (κ2) is 4.82. The van der Waals surface area contributed by atoms with E-state index in [0.29, 0.717) is 19.4 Å². The fourth-order valence-corrected chi connectivity index (χ4v) is 3.30. The lowest BCUT2D eigenvalue weighted by molar-refractivity contribution is -0.351. The summed E-state index contributed by atoms with van der Waals surface area (Å²) in [4.78, 5) is 12.3. The molecule has 0 unspecified atom stereocenters. The van der Waals surface area contributed by atoms with E-state index in [1.165, 1.54) is 0 Å². The molecular formula is C13H19F3N2O3. The molecule has 4 aliphatic rings. The quantitative estimate of drug-likeness (QED) is 0.822. The van der Waals surface area contributed by atoms with E-state index < -0.39 is 18.1 Å². The Labute approximate surface area is 120 Å². The van der Waals surface area contributed by atoms with Gasteiger partial charge in [-0.2, -0.15) is 0 Å². The van der Waals surface area contributed by atoms with Gasteiger partial charge in [0.25, 0.3) is 5.91 Å².